The van der Waals surface area contributed by atoms with Gasteiger partial charge in [0.2, 0.25) is 17.6 Å². The lowest BCUT2D eigenvalue weighted by atomic mass is 10.1. The zero-order valence-electron chi connectivity index (χ0n) is 12.9. The number of allylic oxidation sites excluding steroid dienone is 2. The minimum Gasteiger partial charge on any atom is -0.508 e. The van der Waals surface area contributed by atoms with Gasteiger partial charge >= 0.3 is 0 Å². The first kappa shape index (κ1) is 17.4. The lowest BCUT2D eigenvalue weighted by molar-refractivity contribution is -0.120. The number of phenols is 1. The molecule has 1 aromatic rings. The van der Waals surface area contributed by atoms with Crippen LogP contribution in [-0.4, -0.2) is 28.4 Å². The number of carbonyl (C=O) groups is 3. The quantitative estimate of drug-likeness (QED) is 0.724. The monoisotopic (exact) mass is 347 g/mol. The molecule has 124 valence electrons. The van der Waals surface area contributed by atoms with E-state index in [1.165, 1.54) is 44.2 Å². The van der Waals surface area contributed by atoms with Crippen LogP contribution in [0.2, 0.25) is 5.02 Å². The van der Waals surface area contributed by atoms with E-state index in [1.807, 2.05) is 0 Å². The highest BCUT2D eigenvalue weighted by Gasteiger charge is 2.21. The summed E-state index contributed by atoms with van der Waals surface area (Å²) in [6.45, 7) is 2.57. The molecule has 0 saturated carbocycles. The first-order valence-electron chi connectivity index (χ1n) is 6.86. The van der Waals surface area contributed by atoms with Crippen molar-refractivity contribution in [1.29, 1.82) is 0 Å². The molecule has 7 nitrogen and oxygen atoms in total. The molecule has 0 aromatic heterocycles. The van der Waals surface area contributed by atoms with E-state index in [2.05, 4.69) is 15.6 Å². The van der Waals surface area contributed by atoms with Crippen molar-refractivity contribution in [2.24, 2.45) is 4.99 Å². The molecular weight excluding hydrogens is 334 g/mol. The van der Waals surface area contributed by atoms with Crippen LogP contribution in [-0.2, 0) is 14.4 Å². The molecule has 0 atom stereocenters. The summed E-state index contributed by atoms with van der Waals surface area (Å²) in [5.74, 6) is -1.28. The van der Waals surface area contributed by atoms with E-state index in [1.54, 1.807) is 0 Å². The van der Waals surface area contributed by atoms with Crippen molar-refractivity contribution < 1.29 is 19.5 Å². The van der Waals surface area contributed by atoms with Crippen LogP contribution in [0.15, 0.2) is 46.7 Å². The SMILES string of the molecule is CC(=O)NC1=CC(=Nc2ccc(O)cc2Cl)C(NC(C)=O)=CC1=O. The summed E-state index contributed by atoms with van der Waals surface area (Å²) in [5.41, 5.74) is 0.783. The molecule has 2 rings (SSSR count). The van der Waals surface area contributed by atoms with Crippen LogP contribution in [0.3, 0.4) is 0 Å². The summed E-state index contributed by atoms with van der Waals surface area (Å²) in [7, 11) is 0. The number of amides is 2. The van der Waals surface area contributed by atoms with Crippen molar-refractivity contribution in [3.8, 4) is 5.75 Å². The van der Waals surface area contributed by atoms with Gasteiger partial charge in [0, 0.05) is 26.0 Å². The Labute approximate surface area is 142 Å². The van der Waals surface area contributed by atoms with Gasteiger partial charge in [-0.05, 0) is 18.2 Å². The van der Waals surface area contributed by atoms with Crippen LogP contribution >= 0.6 is 11.6 Å². The normalized spacial score (nSPS) is 15.6. The second-order valence-electron chi connectivity index (χ2n) is 4.98. The molecule has 0 fully saturated rings. The third-order valence-corrected chi connectivity index (χ3v) is 3.19. The first-order chi connectivity index (χ1) is 11.3. The minimum absolute atomic E-state index is 0.0186. The Morgan fingerprint density at radius 1 is 1.08 bits per heavy atom. The van der Waals surface area contributed by atoms with E-state index in [9.17, 15) is 19.5 Å². The summed E-state index contributed by atoms with van der Waals surface area (Å²) in [6.07, 6.45) is 2.51. The van der Waals surface area contributed by atoms with Crippen LogP contribution in [0.1, 0.15) is 13.8 Å². The summed E-state index contributed by atoms with van der Waals surface area (Å²) in [4.78, 5) is 38.8. The van der Waals surface area contributed by atoms with Crippen LogP contribution in [0.5, 0.6) is 5.75 Å². The Bertz CT molecular complexity index is 825. The summed E-state index contributed by atoms with van der Waals surface area (Å²) < 4.78 is 0. The fourth-order valence-electron chi connectivity index (χ4n) is 1.95. The molecule has 1 aliphatic rings. The molecule has 3 N–H and O–H groups in total. The van der Waals surface area contributed by atoms with E-state index in [-0.39, 0.29) is 33.8 Å². The molecule has 2 amide bonds. The highest BCUT2D eigenvalue weighted by atomic mass is 35.5. The number of aliphatic imine (C=N–C) groups is 1. The highest BCUT2D eigenvalue weighted by Crippen LogP contribution is 2.29. The van der Waals surface area contributed by atoms with Crippen molar-refractivity contribution >= 4 is 40.6 Å². The Kier molecular flexibility index (Phi) is 5.15. The molecule has 0 radical (unpaired) electrons. The van der Waals surface area contributed by atoms with Crippen LogP contribution < -0.4 is 10.6 Å². The molecule has 0 heterocycles. The predicted octanol–water partition coefficient (Wildman–Crippen LogP) is 1.74. The summed E-state index contributed by atoms with van der Waals surface area (Å²) >= 11 is 6.02. The zero-order valence-corrected chi connectivity index (χ0v) is 13.6. The molecule has 1 aliphatic carbocycles. The number of hydrogen-bond donors (Lipinski definition) is 3. The lowest BCUT2D eigenvalue weighted by Crippen LogP contribution is -2.32. The van der Waals surface area contributed by atoms with Gasteiger partial charge in [-0.25, -0.2) is 4.99 Å². The van der Waals surface area contributed by atoms with Crippen LogP contribution in [0.4, 0.5) is 5.69 Å². The fourth-order valence-corrected chi connectivity index (χ4v) is 2.17. The number of ketones is 1. The maximum Gasteiger partial charge on any atom is 0.221 e. The smallest absolute Gasteiger partial charge is 0.221 e. The number of hydrogen-bond acceptors (Lipinski definition) is 5. The van der Waals surface area contributed by atoms with Crippen LogP contribution in [0, 0.1) is 0 Å². The molecular formula is C16H14ClN3O4. The third kappa shape index (κ3) is 4.30. The summed E-state index contributed by atoms with van der Waals surface area (Å²) in [6, 6.07) is 4.20. The van der Waals surface area contributed by atoms with E-state index < -0.39 is 11.7 Å². The second kappa shape index (κ2) is 7.10. The van der Waals surface area contributed by atoms with Gasteiger partial charge in [0.1, 0.15) is 5.75 Å². The maximum atomic E-state index is 12.0. The minimum atomic E-state index is -0.468. The van der Waals surface area contributed by atoms with Gasteiger partial charge in [-0.3, -0.25) is 14.4 Å². The fraction of sp³-hybridized carbons (Fsp3) is 0.125. The van der Waals surface area contributed by atoms with Gasteiger partial charge in [0.25, 0.3) is 0 Å². The Balaban J connectivity index is 2.50. The zero-order chi connectivity index (χ0) is 17.9. The Morgan fingerprint density at radius 3 is 2.29 bits per heavy atom. The van der Waals surface area contributed by atoms with Crippen molar-refractivity contribution in [1.82, 2.24) is 10.6 Å². The Morgan fingerprint density at radius 2 is 1.71 bits per heavy atom. The number of nitrogens with one attached hydrogen (secondary N) is 2. The van der Waals surface area contributed by atoms with Crippen LogP contribution in [0.25, 0.3) is 0 Å². The molecule has 0 unspecified atom stereocenters. The number of aromatic hydroxyl groups is 1. The number of carbonyl (C=O) groups excluding carboxylic acids is 3. The van der Waals surface area contributed by atoms with Gasteiger partial charge in [-0.2, -0.15) is 0 Å². The molecule has 0 bridgehead atoms. The molecule has 1 aromatic carbocycles. The van der Waals surface area contributed by atoms with Crippen molar-refractivity contribution in [2.75, 3.05) is 0 Å². The molecule has 8 heteroatoms. The van der Waals surface area contributed by atoms with Gasteiger partial charge in [-0.15, -0.1) is 0 Å². The number of rotatable bonds is 3. The van der Waals surface area contributed by atoms with E-state index in [0.717, 1.165) is 0 Å². The highest BCUT2D eigenvalue weighted by molar-refractivity contribution is 6.33. The second-order valence-corrected chi connectivity index (χ2v) is 5.38. The van der Waals surface area contributed by atoms with E-state index >= 15 is 0 Å². The number of phenolic OH excluding ortho intramolecular Hbond substituents is 1. The number of halogens is 1. The Hall–Kier alpha value is -2.93. The van der Waals surface area contributed by atoms with Crippen molar-refractivity contribution in [3.63, 3.8) is 0 Å². The molecule has 24 heavy (non-hydrogen) atoms. The number of nitrogens with zero attached hydrogens (tertiary/aromatic N) is 1. The average Bonchev–Trinajstić information content (AvgIpc) is 2.45. The van der Waals surface area contributed by atoms with Crippen molar-refractivity contribution in [2.45, 2.75) is 13.8 Å². The van der Waals surface area contributed by atoms with Gasteiger partial charge in [0.15, 0.2) is 0 Å². The molecule has 0 saturated heterocycles. The number of benzene rings is 1. The summed E-state index contributed by atoms with van der Waals surface area (Å²) in [5, 5.41) is 14.5. The molecule has 0 aliphatic heterocycles. The topological polar surface area (TPSA) is 108 Å². The average molecular weight is 348 g/mol. The molecule has 0 spiro atoms. The maximum absolute atomic E-state index is 12.0. The van der Waals surface area contributed by atoms with Gasteiger partial charge in [-0.1, -0.05) is 11.6 Å². The van der Waals surface area contributed by atoms with E-state index in [4.69, 9.17) is 11.6 Å². The van der Waals surface area contributed by atoms with E-state index in [0.29, 0.717) is 5.69 Å². The van der Waals surface area contributed by atoms with Gasteiger partial charge < -0.3 is 15.7 Å². The standard InChI is InChI=1S/C16H14ClN3O4/c1-8(21)18-14-7-16(24)15(19-9(2)22)6-13(14)20-12-4-3-10(23)5-11(12)17/h3-7,23H,1-2H3,(H,18,21)(H,19,22). The first-order valence-corrected chi connectivity index (χ1v) is 7.24. The third-order valence-electron chi connectivity index (χ3n) is 2.89. The van der Waals surface area contributed by atoms with Crippen molar-refractivity contribution in [3.05, 3.63) is 46.8 Å². The lowest BCUT2D eigenvalue weighted by Gasteiger charge is -2.16. The largest absolute Gasteiger partial charge is 0.508 e. The predicted molar refractivity (Wildman–Crippen MR) is 89.0 cm³/mol. The van der Waals surface area contributed by atoms with Gasteiger partial charge in [0.05, 0.1) is 27.8 Å².